The summed E-state index contributed by atoms with van der Waals surface area (Å²) in [6.07, 6.45) is 2.71. The number of nitrogens with zero attached hydrogens (tertiary/aromatic N) is 3. The monoisotopic (exact) mass is 465 g/mol. The zero-order chi connectivity index (χ0) is 24.4. The first-order chi connectivity index (χ1) is 17.0. The van der Waals surface area contributed by atoms with Gasteiger partial charge in [0.25, 0.3) is 0 Å². The highest BCUT2D eigenvalue weighted by molar-refractivity contribution is 5.71. The van der Waals surface area contributed by atoms with Crippen molar-refractivity contribution < 1.29 is 13.9 Å². The summed E-state index contributed by atoms with van der Waals surface area (Å²) in [5.74, 6) is -0.363. The van der Waals surface area contributed by atoms with Crippen LogP contribution < -0.4 is 4.74 Å². The van der Waals surface area contributed by atoms with Crippen LogP contribution in [0.2, 0.25) is 0 Å². The highest BCUT2D eigenvalue weighted by atomic mass is 19.1. The molecule has 5 rings (SSSR count). The fraction of sp³-hybridized carbons (Fsp3) is 0.138. The molecular formula is C29H24FN3O2. The van der Waals surface area contributed by atoms with E-state index in [9.17, 15) is 9.18 Å². The number of aromatic nitrogens is 3. The number of fused-ring (bicyclic) bond motifs is 1. The molecule has 0 aliphatic rings. The number of benzene rings is 3. The Balaban J connectivity index is 1.71. The van der Waals surface area contributed by atoms with Crippen LogP contribution in [0.1, 0.15) is 35.0 Å². The standard InChI is InChI=1S/C29H24FN3O2/c1-19-8-6-9-21(14-19)17-26-29(35-20(2)34)33-18-27(23-11-4-3-5-12-23)31-25(28(33)32-26)16-22-10-7-13-24(30)15-22/h3-15,18H,16-17H2,1-2H3. The molecule has 0 aliphatic heterocycles. The summed E-state index contributed by atoms with van der Waals surface area (Å²) < 4.78 is 21.4. The molecule has 0 N–H and O–H groups in total. The smallest absolute Gasteiger partial charge is 0.309 e. The van der Waals surface area contributed by atoms with Gasteiger partial charge < -0.3 is 4.74 Å². The normalized spacial score (nSPS) is 11.1. The number of carbonyl (C=O) groups is 1. The molecule has 0 fully saturated rings. The van der Waals surface area contributed by atoms with Gasteiger partial charge in [0.15, 0.2) is 5.65 Å². The van der Waals surface area contributed by atoms with E-state index < -0.39 is 5.97 Å². The van der Waals surface area contributed by atoms with Gasteiger partial charge >= 0.3 is 5.97 Å². The molecule has 2 heterocycles. The lowest BCUT2D eigenvalue weighted by Crippen LogP contribution is -2.07. The summed E-state index contributed by atoms with van der Waals surface area (Å²) in [6.45, 7) is 3.41. The lowest BCUT2D eigenvalue weighted by atomic mass is 10.1. The third-order valence-corrected chi connectivity index (χ3v) is 5.72. The quantitative estimate of drug-likeness (QED) is 0.291. The van der Waals surface area contributed by atoms with Gasteiger partial charge in [-0.3, -0.25) is 9.20 Å². The molecule has 3 aromatic carbocycles. The molecule has 5 aromatic rings. The van der Waals surface area contributed by atoms with Crippen molar-refractivity contribution >= 4 is 11.6 Å². The zero-order valence-electron chi connectivity index (χ0n) is 19.5. The molecule has 0 amide bonds. The second-order valence-corrected chi connectivity index (χ2v) is 8.56. The Kier molecular flexibility index (Phi) is 6.10. The van der Waals surface area contributed by atoms with Gasteiger partial charge in [0.2, 0.25) is 5.88 Å². The van der Waals surface area contributed by atoms with Crippen molar-refractivity contribution in [2.75, 3.05) is 0 Å². The van der Waals surface area contributed by atoms with E-state index >= 15 is 0 Å². The molecule has 0 aliphatic carbocycles. The number of esters is 1. The average molecular weight is 466 g/mol. The first-order valence-corrected chi connectivity index (χ1v) is 11.4. The highest BCUT2D eigenvalue weighted by Crippen LogP contribution is 2.29. The molecular weight excluding hydrogens is 441 g/mol. The molecule has 174 valence electrons. The zero-order valence-corrected chi connectivity index (χ0v) is 19.5. The molecule has 35 heavy (non-hydrogen) atoms. The molecule has 0 atom stereocenters. The van der Waals surface area contributed by atoms with Crippen LogP contribution in [0.3, 0.4) is 0 Å². The second kappa shape index (κ2) is 9.50. The lowest BCUT2D eigenvalue weighted by Gasteiger charge is -2.10. The fourth-order valence-corrected chi connectivity index (χ4v) is 4.22. The molecule has 6 heteroatoms. The van der Waals surface area contributed by atoms with Crippen LogP contribution in [0, 0.1) is 12.7 Å². The van der Waals surface area contributed by atoms with E-state index in [0.29, 0.717) is 41.5 Å². The Labute approximate surface area is 202 Å². The van der Waals surface area contributed by atoms with Gasteiger partial charge in [0.1, 0.15) is 11.5 Å². The number of hydrogen-bond acceptors (Lipinski definition) is 4. The Morgan fingerprint density at radius 1 is 0.886 bits per heavy atom. The third kappa shape index (κ3) is 4.96. The number of ether oxygens (including phenoxy) is 1. The van der Waals surface area contributed by atoms with Crippen molar-refractivity contribution in [2.45, 2.75) is 26.7 Å². The molecule has 0 bridgehead atoms. The minimum atomic E-state index is -0.429. The Morgan fingerprint density at radius 3 is 2.31 bits per heavy atom. The molecule has 0 saturated carbocycles. The van der Waals surface area contributed by atoms with Gasteiger partial charge in [-0.1, -0.05) is 72.3 Å². The van der Waals surface area contributed by atoms with Crippen LogP contribution in [0.25, 0.3) is 16.9 Å². The fourth-order valence-electron chi connectivity index (χ4n) is 4.22. The van der Waals surface area contributed by atoms with E-state index in [1.807, 2.05) is 67.7 Å². The van der Waals surface area contributed by atoms with Crippen LogP contribution >= 0.6 is 0 Å². The Hall–Kier alpha value is -4.32. The van der Waals surface area contributed by atoms with Gasteiger partial charge in [0.05, 0.1) is 11.4 Å². The maximum absolute atomic E-state index is 13.9. The van der Waals surface area contributed by atoms with Crippen LogP contribution in [-0.4, -0.2) is 20.3 Å². The van der Waals surface area contributed by atoms with E-state index in [0.717, 1.165) is 22.3 Å². The Morgan fingerprint density at radius 2 is 1.60 bits per heavy atom. The maximum Gasteiger partial charge on any atom is 0.309 e. The number of hydrogen-bond donors (Lipinski definition) is 0. The van der Waals surface area contributed by atoms with Gasteiger partial charge in [-0.05, 0) is 30.2 Å². The number of imidazole rings is 1. The number of aryl methyl sites for hydroxylation is 1. The van der Waals surface area contributed by atoms with E-state index in [2.05, 4.69) is 6.07 Å². The van der Waals surface area contributed by atoms with Crippen molar-refractivity contribution in [1.29, 1.82) is 0 Å². The molecule has 0 unspecified atom stereocenters. The van der Waals surface area contributed by atoms with E-state index in [1.54, 1.807) is 10.5 Å². The van der Waals surface area contributed by atoms with Crippen LogP contribution in [0.15, 0.2) is 85.1 Å². The molecule has 0 radical (unpaired) electrons. The summed E-state index contributed by atoms with van der Waals surface area (Å²) in [6, 6.07) is 24.4. The number of halogens is 1. The minimum Gasteiger partial charge on any atom is -0.407 e. The van der Waals surface area contributed by atoms with Crippen molar-refractivity contribution in [1.82, 2.24) is 14.4 Å². The largest absolute Gasteiger partial charge is 0.407 e. The van der Waals surface area contributed by atoms with Gasteiger partial charge in [-0.15, -0.1) is 0 Å². The predicted octanol–water partition coefficient (Wildman–Crippen LogP) is 5.95. The first-order valence-electron chi connectivity index (χ1n) is 11.4. The molecule has 2 aromatic heterocycles. The van der Waals surface area contributed by atoms with Crippen LogP contribution in [-0.2, 0) is 17.6 Å². The van der Waals surface area contributed by atoms with E-state index in [4.69, 9.17) is 14.7 Å². The molecule has 0 spiro atoms. The summed E-state index contributed by atoms with van der Waals surface area (Å²) in [4.78, 5) is 21.8. The van der Waals surface area contributed by atoms with Crippen molar-refractivity contribution in [3.8, 4) is 17.1 Å². The highest BCUT2D eigenvalue weighted by Gasteiger charge is 2.21. The first kappa shape index (κ1) is 22.5. The third-order valence-electron chi connectivity index (χ3n) is 5.72. The minimum absolute atomic E-state index is 0.304. The average Bonchev–Trinajstić information content (AvgIpc) is 3.16. The summed E-state index contributed by atoms with van der Waals surface area (Å²) in [5.41, 5.74) is 6.48. The number of rotatable bonds is 6. The van der Waals surface area contributed by atoms with E-state index in [1.165, 1.54) is 19.1 Å². The topological polar surface area (TPSA) is 56.5 Å². The number of carbonyl (C=O) groups excluding carboxylic acids is 1. The maximum atomic E-state index is 13.9. The SMILES string of the molecule is CC(=O)Oc1c(Cc2cccc(C)c2)nc2c(Cc3cccc(F)c3)nc(-c3ccccc3)cn12. The van der Waals surface area contributed by atoms with Crippen LogP contribution in [0.5, 0.6) is 5.88 Å². The predicted molar refractivity (Wildman–Crippen MR) is 133 cm³/mol. The van der Waals surface area contributed by atoms with Crippen molar-refractivity contribution in [3.05, 3.63) is 119 Å². The summed E-state index contributed by atoms with van der Waals surface area (Å²) in [7, 11) is 0. The van der Waals surface area contributed by atoms with Crippen LogP contribution in [0.4, 0.5) is 4.39 Å². The second-order valence-electron chi connectivity index (χ2n) is 8.56. The van der Waals surface area contributed by atoms with Gasteiger partial charge in [-0.25, -0.2) is 14.4 Å². The van der Waals surface area contributed by atoms with E-state index in [-0.39, 0.29) is 5.82 Å². The van der Waals surface area contributed by atoms with Gasteiger partial charge in [-0.2, -0.15) is 0 Å². The van der Waals surface area contributed by atoms with Crippen molar-refractivity contribution in [3.63, 3.8) is 0 Å². The molecule has 0 saturated heterocycles. The Bertz CT molecular complexity index is 1530. The summed E-state index contributed by atoms with van der Waals surface area (Å²) in [5, 5.41) is 0. The lowest BCUT2D eigenvalue weighted by molar-refractivity contribution is -0.132. The molecule has 5 nitrogen and oxygen atoms in total. The summed E-state index contributed by atoms with van der Waals surface area (Å²) >= 11 is 0. The van der Waals surface area contributed by atoms with Gasteiger partial charge in [0, 0.05) is 31.5 Å². The van der Waals surface area contributed by atoms with Crippen molar-refractivity contribution in [2.24, 2.45) is 0 Å².